The number of imidazole rings is 1. The lowest BCUT2D eigenvalue weighted by Gasteiger charge is -2.14. The van der Waals surface area contributed by atoms with Crippen molar-refractivity contribution < 1.29 is 14.3 Å². The third-order valence-corrected chi connectivity index (χ3v) is 8.19. The van der Waals surface area contributed by atoms with E-state index in [9.17, 15) is 4.79 Å². The van der Waals surface area contributed by atoms with Crippen LogP contribution in [0, 0.1) is 6.92 Å². The van der Waals surface area contributed by atoms with Crippen molar-refractivity contribution in [3.8, 4) is 17.1 Å². The monoisotopic (exact) mass is 539 g/mol. The van der Waals surface area contributed by atoms with Crippen LogP contribution in [-0.2, 0) is 10.2 Å². The van der Waals surface area contributed by atoms with Crippen LogP contribution < -0.4 is 15.8 Å². The third kappa shape index (κ3) is 4.75. The number of methoxy groups -OCH3 is 1. The Morgan fingerprint density at radius 3 is 2.64 bits per heavy atom. The molecule has 1 fully saturated rings. The van der Waals surface area contributed by atoms with Crippen LogP contribution in [-0.4, -0.2) is 40.6 Å². The first-order valence-corrected chi connectivity index (χ1v) is 13.7. The van der Waals surface area contributed by atoms with E-state index in [-0.39, 0.29) is 11.3 Å². The van der Waals surface area contributed by atoms with Gasteiger partial charge in [0.25, 0.3) is 5.91 Å². The second-order valence-corrected chi connectivity index (χ2v) is 10.6. The summed E-state index contributed by atoms with van der Waals surface area (Å²) in [6.45, 7) is 3.03. The van der Waals surface area contributed by atoms with Gasteiger partial charge in [-0.3, -0.25) is 9.20 Å². The maximum atomic E-state index is 12.8. The highest BCUT2D eigenvalue weighted by atomic mass is 32.1. The minimum Gasteiger partial charge on any atom is -0.491 e. The van der Waals surface area contributed by atoms with Crippen molar-refractivity contribution in [2.75, 3.05) is 31.4 Å². The Morgan fingerprint density at radius 2 is 1.90 bits per heavy atom. The summed E-state index contributed by atoms with van der Waals surface area (Å²) < 4.78 is 12.9. The van der Waals surface area contributed by atoms with Crippen LogP contribution in [0.25, 0.3) is 17.0 Å². The summed E-state index contributed by atoms with van der Waals surface area (Å²) in [5.41, 5.74) is 12.4. The molecule has 2 aromatic carbocycles. The predicted molar refractivity (Wildman–Crippen MR) is 154 cm³/mol. The number of aromatic nitrogens is 3. The molecule has 0 bridgehead atoms. The van der Waals surface area contributed by atoms with Crippen molar-refractivity contribution >= 4 is 34.3 Å². The average molecular weight is 540 g/mol. The minimum absolute atomic E-state index is 0.113. The molecule has 9 heteroatoms. The molecule has 3 heterocycles. The van der Waals surface area contributed by atoms with E-state index in [1.54, 1.807) is 30.6 Å². The molecule has 0 aliphatic heterocycles. The number of hydrogen-bond donors (Lipinski definition) is 2. The number of nitrogen functional groups attached to an aromatic ring is 1. The lowest BCUT2D eigenvalue weighted by molar-refractivity contribution is 0.102. The minimum atomic E-state index is -0.184. The number of nitrogens with zero attached hydrogens (tertiary/aromatic N) is 3. The second-order valence-electron chi connectivity index (χ2n) is 9.72. The van der Waals surface area contributed by atoms with Crippen molar-refractivity contribution in [2.24, 2.45) is 0 Å². The molecule has 3 N–H and O–H groups in total. The first-order chi connectivity index (χ1) is 19.0. The van der Waals surface area contributed by atoms with Crippen LogP contribution in [0.1, 0.15) is 39.5 Å². The van der Waals surface area contributed by atoms with E-state index < -0.39 is 0 Å². The number of pyridine rings is 1. The standard InChI is InChI=1S/C30H29N5O3S/c1-19-27(35-14-11-22(17-26(35)32-19)38-16-15-37-2)25-18-39-29(34-25)30(12-13-30)21-9-7-20(8-10-21)28(36)33-24-6-4-3-5-23(24)31/h3-11,14,17-18H,12-13,15-16,31H2,1-2H3,(H,33,36). The lowest BCUT2D eigenvalue weighted by Crippen LogP contribution is -2.14. The Labute approximate surface area is 230 Å². The molecule has 0 radical (unpaired) electrons. The smallest absolute Gasteiger partial charge is 0.255 e. The zero-order valence-electron chi connectivity index (χ0n) is 21.8. The summed E-state index contributed by atoms with van der Waals surface area (Å²) in [5.74, 6) is 0.576. The molecule has 5 aromatic rings. The summed E-state index contributed by atoms with van der Waals surface area (Å²) >= 11 is 1.68. The Kier molecular flexibility index (Phi) is 6.54. The van der Waals surface area contributed by atoms with Gasteiger partial charge in [0.1, 0.15) is 28.7 Å². The molecule has 3 aromatic heterocycles. The number of carbonyl (C=O) groups excluding carboxylic acids is 1. The zero-order valence-corrected chi connectivity index (χ0v) is 22.6. The molecule has 6 rings (SSSR count). The molecule has 0 atom stereocenters. The fourth-order valence-corrected chi connectivity index (χ4v) is 5.97. The molecular weight excluding hydrogens is 510 g/mol. The van der Waals surface area contributed by atoms with E-state index in [0.29, 0.717) is 30.2 Å². The highest BCUT2D eigenvalue weighted by Gasteiger charge is 2.48. The first-order valence-electron chi connectivity index (χ1n) is 12.8. The highest BCUT2D eigenvalue weighted by molar-refractivity contribution is 7.10. The largest absolute Gasteiger partial charge is 0.491 e. The maximum Gasteiger partial charge on any atom is 0.255 e. The number of thiazole rings is 1. The first kappa shape index (κ1) is 25.1. The number of benzene rings is 2. The maximum absolute atomic E-state index is 12.8. The van der Waals surface area contributed by atoms with Gasteiger partial charge >= 0.3 is 0 Å². The number of para-hydroxylation sites is 2. The van der Waals surface area contributed by atoms with E-state index >= 15 is 0 Å². The summed E-state index contributed by atoms with van der Waals surface area (Å²) in [4.78, 5) is 22.6. The molecule has 198 valence electrons. The van der Waals surface area contributed by atoms with Gasteiger partial charge in [-0.15, -0.1) is 11.3 Å². The summed E-state index contributed by atoms with van der Waals surface area (Å²) in [5, 5.41) is 6.09. The van der Waals surface area contributed by atoms with E-state index in [2.05, 4.69) is 15.1 Å². The Morgan fingerprint density at radius 1 is 1.10 bits per heavy atom. The number of carbonyl (C=O) groups is 1. The summed E-state index contributed by atoms with van der Waals surface area (Å²) in [7, 11) is 1.65. The average Bonchev–Trinajstić information content (AvgIpc) is 3.49. The number of nitrogens with two attached hydrogens (primary N) is 1. The van der Waals surface area contributed by atoms with Crippen molar-refractivity contribution in [1.29, 1.82) is 0 Å². The number of anilines is 2. The van der Waals surface area contributed by atoms with E-state index in [4.69, 9.17) is 25.2 Å². The van der Waals surface area contributed by atoms with Crippen LogP contribution in [0.2, 0.25) is 0 Å². The second kappa shape index (κ2) is 10.2. The number of hydrogen-bond acceptors (Lipinski definition) is 7. The Balaban J connectivity index is 1.22. The van der Waals surface area contributed by atoms with Gasteiger partial charge in [0.2, 0.25) is 0 Å². The van der Waals surface area contributed by atoms with Gasteiger partial charge in [0, 0.05) is 35.7 Å². The topological polar surface area (TPSA) is 104 Å². The van der Waals surface area contributed by atoms with Crippen LogP contribution in [0.5, 0.6) is 5.75 Å². The molecule has 1 aliphatic rings. The van der Waals surface area contributed by atoms with Crippen molar-refractivity contribution in [3.63, 3.8) is 0 Å². The van der Waals surface area contributed by atoms with Crippen LogP contribution in [0.3, 0.4) is 0 Å². The van der Waals surface area contributed by atoms with Gasteiger partial charge < -0.3 is 20.5 Å². The number of fused-ring (bicyclic) bond motifs is 1. The highest BCUT2D eigenvalue weighted by Crippen LogP contribution is 2.54. The normalized spacial score (nSPS) is 13.9. The van der Waals surface area contributed by atoms with Crippen LogP contribution in [0.15, 0.2) is 72.2 Å². The number of rotatable bonds is 9. The molecule has 0 saturated heterocycles. The summed E-state index contributed by atoms with van der Waals surface area (Å²) in [6.07, 6.45) is 4.03. The number of ether oxygens (including phenoxy) is 2. The lowest BCUT2D eigenvalue weighted by atomic mass is 9.95. The Hall–Kier alpha value is -4.21. The molecule has 8 nitrogen and oxygen atoms in total. The number of nitrogens with one attached hydrogen (secondary N) is 1. The van der Waals surface area contributed by atoms with Gasteiger partial charge in [0.15, 0.2) is 0 Å². The SMILES string of the molecule is COCCOc1ccn2c(-c3csc(C4(c5ccc(C(=O)Nc6ccccc6N)cc5)CC4)n3)c(C)nc2c1. The number of aryl methyl sites for hydroxylation is 1. The molecule has 1 saturated carbocycles. The van der Waals surface area contributed by atoms with E-state index in [1.807, 2.05) is 61.7 Å². The Bertz CT molecular complexity index is 1650. The van der Waals surface area contributed by atoms with Gasteiger partial charge in [-0.2, -0.15) is 0 Å². The fourth-order valence-electron chi connectivity index (χ4n) is 4.88. The van der Waals surface area contributed by atoms with Gasteiger partial charge in [-0.1, -0.05) is 24.3 Å². The molecule has 1 aliphatic carbocycles. The molecule has 0 unspecified atom stereocenters. The van der Waals surface area contributed by atoms with Crippen molar-refractivity contribution in [3.05, 3.63) is 94.1 Å². The summed E-state index contributed by atoms with van der Waals surface area (Å²) in [6, 6.07) is 19.0. The van der Waals surface area contributed by atoms with E-state index in [1.165, 1.54) is 5.56 Å². The van der Waals surface area contributed by atoms with Crippen LogP contribution in [0.4, 0.5) is 11.4 Å². The fraction of sp³-hybridized carbons (Fsp3) is 0.233. The van der Waals surface area contributed by atoms with Crippen LogP contribution >= 0.6 is 11.3 Å². The zero-order chi connectivity index (χ0) is 27.0. The van der Waals surface area contributed by atoms with Crippen molar-refractivity contribution in [1.82, 2.24) is 14.4 Å². The molecule has 39 heavy (non-hydrogen) atoms. The third-order valence-electron chi connectivity index (χ3n) is 7.14. The molecule has 0 spiro atoms. The molecule has 1 amide bonds. The van der Waals surface area contributed by atoms with Gasteiger partial charge in [0.05, 0.1) is 29.4 Å². The predicted octanol–water partition coefficient (Wildman–Crippen LogP) is 5.71. The quantitative estimate of drug-likeness (QED) is 0.184. The van der Waals surface area contributed by atoms with Gasteiger partial charge in [-0.05, 0) is 55.7 Å². The molecular formula is C30H29N5O3S. The van der Waals surface area contributed by atoms with Gasteiger partial charge in [-0.25, -0.2) is 9.97 Å². The number of amides is 1. The van der Waals surface area contributed by atoms with Crippen molar-refractivity contribution in [2.45, 2.75) is 25.2 Å². The van der Waals surface area contributed by atoms with E-state index in [0.717, 1.165) is 46.3 Å².